The first kappa shape index (κ1) is 21.8. The molecule has 0 saturated carbocycles. The molecule has 0 aliphatic carbocycles. The first-order chi connectivity index (χ1) is 13.4. The Balaban J connectivity index is 2.17. The predicted octanol–water partition coefficient (Wildman–Crippen LogP) is 3.73. The van der Waals surface area contributed by atoms with Crippen molar-refractivity contribution in [2.75, 3.05) is 37.0 Å². The highest BCUT2D eigenvalue weighted by molar-refractivity contribution is 7.92. The van der Waals surface area contributed by atoms with Crippen molar-refractivity contribution in [3.05, 3.63) is 47.5 Å². The molecule has 0 bridgehead atoms. The van der Waals surface area contributed by atoms with Crippen molar-refractivity contribution in [2.24, 2.45) is 0 Å². The van der Waals surface area contributed by atoms with E-state index in [-0.39, 0.29) is 28.9 Å². The Labute approximate surface area is 168 Å². The van der Waals surface area contributed by atoms with Gasteiger partial charge in [0.15, 0.2) is 0 Å². The van der Waals surface area contributed by atoms with Crippen LogP contribution in [0.15, 0.2) is 47.4 Å². The predicted molar refractivity (Wildman–Crippen MR) is 107 cm³/mol. The van der Waals surface area contributed by atoms with E-state index in [1.54, 1.807) is 25.1 Å². The van der Waals surface area contributed by atoms with Gasteiger partial charge in [0.2, 0.25) is 0 Å². The second kappa shape index (κ2) is 10.2. The highest BCUT2D eigenvalue weighted by atomic mass is 35.5. The summed E-state index contributed by atoms with van der Waals surface area (Å²) in [6.07, 6.45) is -0.590. The third-order valence-electron chi connectivity index (χ3n) is 3.40. The molecule has 2 N–H and O–H groups in total. The SMILES string of the molecule is CCOC(=O)Nc1ccc(NS(=O)(=O)c2cc(Cl)ccc2OCCOC)cc1. The summed E-state index contributed by atoms with van der Waals surface area (Å²) in [6.45, 7) is 2.44. The van der Waals surface area contributed by atoms with E-state index in [0.29, 0.717) is 18.0 Å². The molecule has 0 atom stereocenters. The molecule has 1 amide bonds. The van der Waals surface area contributed by atoms with Crippen LogP contribution in [0.5, 0.6) is 5.75 Å². The van der Waals surface area contributed by atoms with Crippen molar-refractivity contribution in [3.8, 4) is 5.75 Å². The van der Waals surface area contributed by atoms with Gasteiger partial charge in [-0.15, -0.1) is 0 Å². The summed E-state index contributed by atoms with van der Waals surface area (Å²) in [5, 5.41) is 2.78. The van der Waals surface area contributed by atoms with Gasteiger partial charge in [0.25, 0.3) is 10.0 Å². The van der Waals surface area contributed by atoms with Crippen molar-refractivity contribution in [1.29, 1.82) is 0 Å². The lowest BCUT2D eigenvalue weighted by Crippen LogP contribution is -2.16. The Kier molecular flexibility index (Phi) is 7.91. The molecule has 152 valence electrons. The highest BCUT2D eigenvalue weighted by Crippen LogP contribution is 2.29. The average molecular weight is 429 g/mol. The summed E-state index contributed by atoms with van der Waals surface area (Å²) >= 11 is 5.96. The third-order valence-corrected chi connectivity index (χ3v) is 5.04. The van der Waals surface area contributed by atoms with Crippen LogP contribution >= 0.6 is 11.6 Å². The van der Waals surface area contributed by atoms with Crippen molar-refractivity contribution >= 4 is 39.1 Å². The van der Waals surface area contributed by atoms with Gasteiger partial charge in [0.1, 0.15) is 17.3 Å². The summed E-state index contributed by atoms with van der Waals surface area (Å²) in [5.74, 6) is 0.162. The quantitative estimate of drug-likeness (QED) is 0.590. The second-order valence-corrected chi connectivity index (χ2v) is 7.55. The molecule has 2 aromatic rings. The van der Waals surface area contributed by atoms with Crippen molar-refractivity contribution < 1.29 is 27.4 Å². The zero-order valence-electron chi connectivity index (χ0n) is 15.4. The minimum absolute atomic E-state index is 0.0928. The van der Waals surface area contributed by atoms with E-state index in [4.69, 9.17) is 25.8 Å². The molecule has 2 aromatic carbocycles. The van der Waals surface area contributed by atoms with Crippen LogP contribution in [0.3, 0.4) is 0 Å². The molecule has 0 heterocycles. The van der Waals surface area contributed by atoms with Crippen molar-refractivity contribution in [1.82, 2.24) is 0 Å². The number of ether oxygens (including phenoxy) is 3. The Hall–Kier alpha value is -2.49. The number of halogens is 1. The molecular formula is C18H21ClN2O6S. The number of carbonyl (C=O) groups is 1. The molecule has 0 fully saturated rings. The Bertz CT molecular complexity index is 903. The molecule has 0 aliphatic heterocycles. The molecule has 2 rings (SSSR count). The number of rotatable bonds is 9. The van der Waals surface area contributed by atoms with Gasteiger partial charge >= 0.3 is 6.09 Å². The van der Waals surface area contributed by atoms with E-state index in [0.717, 1.165) is 0 Å². The Morgan fingerprint density at radius 2 is 1.75 bits per heavy atom. The molecule has 0 spiro atoms. The first-order valence-electron chi connectivity index (χ1n) is 8.33. The Morgan fingerprint density at radius 1 is 1.07 bits per heavy atom. The molecule has 0 aromatic heterocycles. The maximum atomic E-state index is 12.8. The monoisotopic (exact) mass is 428 g/mol. The summed E-state index contributed by atoms with van der Waals surface area (Å²) in [4.78, 5) is 11.3. The van der Waals surface area contributed by atoms with E-state index in [9.17, 15) is 13.2 Å². The topological polar surface area (TPSA) is 103 Å². The Morgan fingerprint density at radius 3 is 2.39 bits per heavy atom. The van der Waals surface area contributed by atoms with Gasteiger partial charge in [0, 0.05) is 23.5 Å². The highest BCUT2D eigenvalue weighted by Gasteiger charge is 2.21. The van der Waals surface area contributed by atoms with Crippen LogP contribution in [0.25, 0.3) is 0 Å². The zero-order chi connectivity index (χ0) is 20.6. The second-order valence-electron chi connectivity index (χ2n) is 5.46. The number of methoxy groups -OCH3 is 1. The van der Waals surface area contributed by atoms with Gasteiger partial charge < -0.3 is 14.2 Å². The average Bonchev–Trinajstić information content (AvgIpc) is 2.64. The van der Waals surface area contributed by atoms with Crippen molar-refractivity contribution in [2.45, 2.75) is 11.8 Å². The van der Waals surface area contributed by atoms with Gasteiger partial charge in [0.05, 0.1) is 13.2 Å². The minimum Gasteiger partial charge on any atom is -0.490 e. The van der Waals surface area contributed by atoms with E-state index < -0.39 is 16.1 Å². The molecule has 0 aliphatic rings. The number of sulfonamides is 1. The summed E-state index contributed by atoms with van der Waals surface area (Å²) in [6, 6.07) is 10.4. The smallest absolute Gasteiger partial charge is 0.411 e. The van der Waals surface area contributed by atoms with Crippen LogP contribution in [0.4, 0.5) is 16.2 Å². The lowest BCUT2D eigenvalue weighted by Gasteiger charge is -2.14. The molecule has 28 heavy (non-hydrogen) atoms. The fourth-order valence-corrected chi connectivity index (χ4v) is 3.63. The maximum Gasteiger partial charge on any atom is 0.411 e. The standard InChI is InChI=1S/C18H21ClN2O6S/c1-3-26-18(22)20-14-5-7-15(8-6-14)21-28(23,24)17-12-13(19)4-9-16(17)27-11-10-25-2/h4-9,12,21H,3,10-11H2,1-2H3,(H,20,22). The van der Waals surface area contributed by atoms with E-state index in [1.165, 1.54) is 31.4 Å². The summed E-state index contributed by atoms with van der Waals surface area (Å²) in [7, 11) is -2.44. The van der Waals surface area contributed by atoms with Crippen LogP contribution in [0.1, 0.15) is 6.92 Å². The molecule has 10 heteroatoms. The molecule has 0 saturated heterocycles. The molecular weight excluding hydrogens is 408 g/mol. The lowest BCUT2D eigenvalue weighted by molar-refractivity contribution is 0.144. The number of benzene rings is 2. The molecule has 8 nitrogen and oxygen atoms in total. The van der Waals surface area contributed by atoms with Crippen molar-refractivity contribution in [3.63, 3.8) is 0 Å². The van der Waals surface area contributed by atoms with E-state index >= 15 is 0 Å². The number of hydrogen-bond acceptors (Lipinski definition) is 6. The summed E-state index contributed by atoms with van der Waals surface area (Å²) < 4.78 is 43.2. The van der Waals surface area contributed by atoms with Crippen LogP contribution in [-0.4, -0.2) is 41.4 Å². The third kappa shape index (κ3) is 6.29. The summed E-state index contributed by atoms with van der Waals surface area (Å²) in [5.41, 5.74) is 0.768. The van der Waals surface area contributed by atoms with E-state index in [2.05, 4.69) is 10.0 Å². The zero-order valence-corrected chi connectivity index (χ0v) is 17.0. The van der Waals surface area contributed by atoms with Gasteiger partial charge in [-0.25, -0.2) is 13.2 Å². The minimum atomic E-state index is -3.96. The maximum absolute atomic E-state index is 12.8. The van der Waals surface area contributed by atoms with Gasteiger partial charge in [-0.2, -0.15) is 0 Å². The fraction of sp³-hybridized carbons (Fsp3) is 0.278. The van der Waals surface area contributed by atoms with Gasteiger partial charge in [-0.05, 0) is 49.4 Å². The number of anilines is 2. The van der Waals surface area contributed by atoms with Gasteiger partial charge in [-0.3, -0.25) is 10.0 Å². The first-order valence-corrected chi connectivity index (χ1v) is 10.2. The largest absolute Gasteiger partial charge is 0.490 e. The fourth-order valence-electron chi connectivity index (χ4n) is 2.16. The molecule has 0 unspecified atom stereocenters. The van der Waals surface area contributed by atoms with Gasteiger partial charge in [-0.1, -0.05) is 11.6 Å². The number of amides is 1. The van der Waals surface area contributed by atoms with E-state index in [1.807, 2.05) is 0 Å². The number of carbonyl (C=O) groups excluding carboxylic acids is 1. The van der Waals surface area contributed by atoms with Crippen LogP contribution in [-0.2, 0) is 19.5 Å². The lowest BCUT2D eigenvalue weighted by atomic mass is 10.3. The van der Waals surface area contributed by atoms with Crippen LogP contribution in [0, 0.1) is 0 Å². The number of nitrogens with one attached hydrogen (secondary N) is 2. The number of hydrogen-bond donors (Lipinski definition) is 2. The van der Waals surface area contributed by atoms with Crippen LogP contribution in [0.2, 0.25) is 5.02 Å². The van der Waals surface area contributed by atoms with Crippen LogP contribution < -0.4 is 14.8 Å². The molecule has 0 radical (unpaired) electrons. The normalized spacial score (nSPS) is 11.0.